The second-order valence-electron chi connectivity index (χ2n) is 4.50. The standard InChI is InChI=1S/C10H17N3OS.ClH/c1-10(2,3)8(4-11)13-9(14)7-5-15-6-12-7;/h5-6,8H,4,11H2,1-3H3,(H,13,14);1H. The summed E-state index contributed by atoms with van der Waals surface area (Å²) in [7, 11) is 0. The maximum Gasteiger partial charge on any atom is 0.271 e. The van der Waals surface area contributed by atoms with Gasteiger partial charge in [0, 0.05) is 18.0 Å². The third-order valence-corrected chi connectivity index (χ3v) is 2.84. The number of nitrogens with one attached hydrogen (secondary N) is 1. The molecule has 0 aliphatic heterocycles. The predicted octanol–water partition coefficient (Wildman–Crippen LogP) is 1.67. The van der Waals surface area contributed by atoms with E-state index in [4.69, 9.17) is 5.73 Å². The number of thiazole rings is 1. The molecule has 0 aliphatic rings. The average molecular weight is 264 g/mol. The highest BCUT2D eigenvalue weighted by Crippen LogP contribution is 2.18. The van der Waals surface area contributed by atoms with Gasteiger partial charge in [0.25, 0.3) is 5.91 Å². The van der Waals surface area contributed by atoms with E-state index in [1.54, 1.807) is 10.9 Å². The molecule has 0 fully saturated rings. The predicted molar refractivity (Wildman–Crippen MR) is 69.1 cm³/mol. The number of aromatic nitrogens is 1. The summed E-state index contributed by atoms with van der Waals surface area (Å²) in [5, 5.41) is 4.62. The fraction of sp³-hybridized carbons (Fsp3) is 0.600. The molecule has 0 saturated heterocycles. The Hall–Kier alpha value is -0.650. The van der Waals surface area contributed by atoms with Crippen molar-refractivity contribution in [1.29, 1.82) is 0 Å². The van der Waals surface area contributed by atoms with Crippen molar-refractivity contribution in [2.75, 3.05) is 6.54 Å². The molecule has 0 bridgehead atoms. The molecule has 0 radical (unpaired) electrons. The first-order chi connectivity index (χ1) is 6.95. The van der Waals surface area contributed by atoms with Gasteiger partial charge in [-0.2, -0.15) is 0 Å². The number of hydrogen-bond donors (Lipinski definition) is 2. The van der Waals surface area contributed by atoms with Crippen LogP contribution in [0.15, 0.2) is 10.9 Å². The molecule has 1 amide bonds. The lowest BCUT2D eigenvalue weighted by Gasteiger charge is -2.30. The second-order valence-corrected chi connectivity index (χ2v) is 5.22. The number of carbonyl (C=O) groups excluding carboxylic acids is 1. The van der Waals surface area contributed by atoms with Gasteiger partial charge in [0.05, 0.1) is 5.51 Å². The topological polar surface area (TPSA) is 68.0 Å². The summed E-state index contributed by atoms with van der Waals surface area (Å²) in [5.41, 5.74) is 7.69. The largest absolute Gasteiger partial charge is 0.346 e. The molecule has 1 atom stereocenters. The molecule has 16 heavy (non-hydrogen) atoms. The van der Waals surface area contributed by atoms with Gasteiger partial charge in [-0.3, -0.25) is 4.79 Å². The van der Waals surface area contributed by atoms with Crippen LogP contribution in [0, 0.1) is 5.41 Å². The zero-order chi connectivity index (χ0) is 11.5. The molecule has 6 heteroatoms. The second kappa shape index (κ2) is 6.18. The molecule has 1 aromatic rings. The lowest BCUT2D eigenvalue weighted by Crippen LogP contribution is -2.48. The molecule has 4 nitrogen and oxygen atoms in total. The molecule has 0 spiro atoms. The molecule has 1 unspecified atom stereocenters. The van der Waals surface area contributed by atoms with Crippen molar-refractivity contribution >= 4 is 29.7 Å². The van der Waals surface area contributed by atoms with Crippen LogP contribution >= 0.6 is 23.7 Å². The molecule has 0 aliphatic carbocycles. The van der Waals surface area contributed by atoms with Crippen molar-refractivity contribution in [1.82, 2.24) is 10.3 Å². The maximum atomic E-state index is 11.7. The minimum Gasteiger partial charge on any atom is -0.346 e. The summed E-state index contributed by atoms with van der Waals surface area (Å²) in [6, 6.07) is -0.0355. The highest BCUT2D eigenvalue weighted by atomic mass is 35.5. The van der Waals surface area contributed by atoms with Crippen molar-refractivity contribution in [3.8, 4) is 0 Å². The van der Waals surface area contributed by atoms with E-state index in [2.05, 4.69) is 10.3 Å². The van der Waals surface area contributed by atoms with E-state index in [1.165, 1.54) is 11.3 Å². The van der Waals surface area contributed by atoms with Crippen LogP contribution in [-0.2, 0) is 0 Å². The van der Waals surface area contributed by atoms with Crippen LogP contribution in [0.1, 0.15) is 31.3 Å². The van der Waals surface area contributed by atoms with E-state index in [0.717, 1.165) is 0 Å². The van der Waals surface area contributed by atoms with Crippen LogP contribution < -0.4 is 11.1 Å². The van der Waals surface area contributed by atoms with Gasteiger partial charge in [0.1, 0.15) is 5.69 Å². The lowest BCUT2D eigenvalue weighted by molar-refractivity contribution is 0.0901. The van der Waals surface area contributed by atoms with Gasteiger partial charge in [0.2, 0.25) is 0 Å². The number of nitrogens with zero attached hydrogens (tertiary/aromatic N) is 1. The Morgan fingerprint density at radius 1 is 1.62 bits per heavy atom. The van der Waals surface area contributed by atoms with Crippen molar-refractivity contribution < 1.29 is 4.79 Å². The van der Waals surface area contributed by atoms with E-state index >= 15 is 0 Å². The maximum absolute atomic E-state index is 11.7. The number of carbonyl (C=O) groups is 1. The Morgan fingerprint density at radius 3 is 2.62 bits per heavy atom. The van der Waals surface area contributed by atoms with Gasteiger partial charge in [-0.15, -0.1) is 23.7 Å². The summed E-state index contributed by atoms with van der Waals surface area (Å²) >= 11 is 1.41. The van der Waals surface area contributed by atoms with Gasteiger partial charge >= 0.3 is 0 Å². The van der Waals surface area contributed by atoms with E-state index in [0.29, 0.717) is 12.2 Å². The first-order valence-electron chi connectivity index (χ1n) is 4.84. The van der Waals surface area contributed by atoms with Gasteiger partial charge < -0.3 is 11.1 Å². The molecule has 92 valence electrons. The van der Waals surface area contributed by atoms with Crippen LogP contribution in [0.3, 0.4) is 0 Å². The van der Waals surface area contributed by atoms with Crippen molar-refractivity contribution in [2.45, 2.75) is 26.8 Å². The number of rotatable bonds is 3. The lowest BCUT2D eigenvalue weighted by atomic mass is 9.87. The van der Waals surface area contributed by atoms with E-state index in [1.807, 2.05) is 20.8 Å². The summed E-state index contributed by atoms with van der Waals surface area (Å²) in [6.07, 6.45) is 0. The smallest absolute Gasteiger partial charge is 0.271 e. The van der Waals surface area contributed by atoms with Crippen molar-refractivity contribution in [2.24, 2.45) is 11.1 Å². The molecule has 1 rings (SSSR count). The highest BCUT2D eigenvalue weighted by molar-refractivity contribution is 7.07. The molecular weight excluding hydrogens is 246 g/mol. The summed E-state index contributed by atoms with van der Waals surface area (Å²) < 4.78 is 0. The SMILES string of the molecule is CC(C)(C)C(CN)NC(=O)c1cscn1.Cl. The van der Waals surface area contributed by atoms with Crippen LogP contribution in [0.2, 0.25) is 0 Å². The number of halogens is 1. The molecule has 1 aromatic heterocycles. The van der Waals surface area contributed by atoms with E-state index in [-0.39, 0.29) is 29.8 Å². The van der Waals surface area contributed by atoms with Crippen molar-refractivity contribution in [3.05, 3.63) is 16.6 Å². The van der Waals surface area contributed by atoms with Gasteiger partial charge in [-0.05, 0) is 5.41 Å². The Balaban J connectivity index is 0.00000225. The third kappa shape index (κ3) is 4.08. The van der Waals surface area contributed by atoms with Crippen LogP contribution in [0.25, 0.3) is 0 Å². The number of nitrogens with two attached hydrogens (primary N) is 1. The summed E-state index contributed by atoms with van der Waals surface area (Å²) in [5.74, 6) is -0.151. The van der Waals surface area contributed by atoms with Crippen LogP contribution in [-0.4, -0.2) is 23.5 Å². The normalized spacial score (nSPS) is 12.8. The molecule has 0 aromatic carbocycles. The first kappa shape index (κ1) is 15.3. The zero-order valence-corrected chi connectivity index (χ0v) is 11.3. The molecule has 1 heterocycles. The van der Waals surface area contributed by atoms with Crippen LogP contribution in [0.4, 0.5) is 0 Å². The van der Waals surface area contributed by atoms with Gasteiger partial charge in [0.15, 0.2) is 0 Å². The Labute approximate surface area is 106 Å². The monoisotopic (exact) mass is 263 g/mol. The molecule has 3 N–H and O–H groups in total. The third-order valence-electron chi connectivity index (χ3n) is 2.25. The average Bonchev–Trinajstić information content (AvgIpc) is 2.64. The Morgan fingerprint density at radius 2 is 2.25 bits per heavy atom. The number of hydrogen-bond acceptors (Lipinski definition) is 4. The van der Waals surface area contributed by atoms with E-state index in [9.17, 15) is 4.79 Å². The first-order valence-corrected chi connectivity index (χ1v) is 5.78. The van der Waals surface area contributed by atoms with Crippen molar-refractivity contribution in [3.63, 3.8) is 0 Å². The molecular formula is C10H18ClN3OS. The van der Waals surface area contributed by atoms with Gasteiger partial charge in [-0.1, -0.05) is 20.8 Å². The van der Waals surface area contributed by atoms with Gasteiger partial charge in [-0.25, -0.2) is 4.98 Å². The van der Waals surface area contributed by atoms with Crippen LogP contribution in [0.5, 0.6) is 0 Å². The minimum absolute atomic E-state index is 0. The minimum atomic E-state index is -0.151. The summed E-state index contributed by atoms with van der Waals surface area (Å²) in [6.45, 7) is 6.57. The molecule has 0 saturated carbocycles. The zero-order valence-electron chi connectivity index (χ0n) is 9.69. The fourth-order valence-corrected chi connectivity index (χ4v) is 1.72. The van der Waals surface area contributed by atoms with E-state index < -0.39 is 0 Å². The quantitative estimate of drug-likeness (QED) is 0.872. The Bertz CT molecular complexity index is 321. The number of amides is 1. The fourth-order valence-electron chi connectivity index (χ4n) is 1.19. The Kier molecular flexibility index (Phi) is 5.92. The summed E-state index contributed by atoms with van der Waals surface area (Å²) in [4.78, 5) is 15.7. The highest BCUT2D eigenvalue weighted by Gasteiger charge is 2.25.